The molecule has 0 spiro atoms. The summed E-state index contributed by atoms with van der Waals surface area (Å²) in [6.45, 7) is 5.52. The third-order valence-corrected chi connectivity index (χ3v) is 8.06. The molecule has 10 heteroatoms. The third kappa shape index (κ3) is 7.72. The van der Waals surface area contributed by atoms with E-state index in [4.69, 9.17) is 23.2 Å². The number of benzene rings is 3. The maximum absolute atomic E-state index is 13.8. The summed E-state index contributed by atoms with van der Waals surface area (Å²) in [4.78, 5) is 28.2. The minimum atomic E-state index is -4.14. The first-order chi connectivity index (χ1) is 18.0. The lowest BCUT2D eigenvalue weighted by atomic mass is 10.1. The highest BCUT2D eigenvalue weighted by molar-refractivity contribution is 7.92. The third-order valence-electron chi connectivity index (χ3n) is 5.80. The number of hydrogen-bond donors (Lipinski definition) is 1. The first-order valence-electron chi connectivity index (χ1n) is 12.1. The number of hydrogen-bond acceptors (Lipinski definition) is 4. The fourth-order valence-corrected chi connectivity index (χ4v) is 5.57. The van der Waals surface area contributed by atoms with E-state index in [0.717, 1.165) is 4.31 Å². The Hall–Kier alpha value is -3.07. The zero-order valence-electron chi connectivity index (χ0n) is 21.5. The highest BCUT2D eigenvalue weighted by Crippen LogP contribution is 2.27. The first kappa shape index (κ1) is 29.5. The molecular formula is C28H31Cl2N3O4S. The van der Waals surface area contributed by atoms with Gasteiger partial charge in [-0.1, -0.05) is 73.4 Å². The van der Waals surface area contributed by atoms with Gasteiger partial charge in [-0.05, 0) is 60.9 Å². The van der Waals surface area contributed by atoms with Crippen LogP contribution in [0.4, 0.5) is 5.69 Å². The second-order valence-corrected chi connectivity index (χ2v) is 12.0. The van der Waals surface area contributed by atoms with Crippen molar-refractivity contribution in [2.24, 2.45) is 5.92 Å². The lowest BCUT2D eigenvalue weighted by molar-refractivity contribution is -0.139. The quantitative estimate of drug-likeness (QED) is 0.332. The zero-order chi connectivity index (χ0) is 27.9. The minimum Gasteiger partial charge on any atom is -0.354 e. The maximum atomic E-state index is 13.8. The lowest BCUT2D eigenvalue weighted by Crippen LogP contribution is -2.51. The fraction of sp³-hybridized carbons (Fsp3) is 0.286. The van der Waals surface area contributed by atoms with E-state index in [9.17, 15) is 18.0 Å². The standard InChI is InChI=1S/C28H31Cl2N3O4S/c1-20(2)17-31-28(35)21(3)32(18-22-9-7-10-23(29)15-22)27(34)19-33(25-12-8-11-24(30)16-25)38(36,37)26-13-5-4-6-14-26/h4-16,20-21H,17-19H2,1-3H3,(H,31,35)/t21-/m0/s1. The monoisotopic (exact) mass is 575 g/mol. The molecule has 1 N–H and O–H groups in total. The Kier molecular flexibility index (Phi) is 10.2. The smallest absolute Gasteiger partial charge is 0.264 e. The van der Waals surface area contributed by atoms with Gasteiger partial charge in [-0.2, -0.15) is 0 Å². The largest absolute Gasteiger partial charge is 0.354 e. The van der Waals surface area contributed by atoms with Crippen molar-refractivity contribution in [2.75, 3.05) is 17.4 Å². The van der Waals surface area contributed by atoms with Crippen LogP contribution in [-0.2, 0) is 26.2 Å². The molecule has 3 aromatic carbocycles. The number of anilines is 1. The predicted molar refractivity (Wildman–Crippen MR) is 152 cm³/mol. The van der Waals surface area contributed by atoms with Crippen LogP contribution in [0, 0.1) is 5.92 Å². The molecular weight excluding hydrogens is 545 g/mol. The molecule has 0 aliphatic rings. The molecule has 0 heterocycles. The van der Waals surface area contributed by atoms with Crippen LogP contribution in [0.5, 0.6) is 0 Å². The van der Waals surface area contributed by atoms with Gasteiger partial charge in [-0.25, -0.2) is 8.42 Å². The van der Waals surface area contributed by atoms with Gasteiger partial charge in [0.2, 0.25) is 11.8 Å². The average molecular weight is 577 g/mol. The van der Waals surface area contributed by atoms with Crippen molar-refractivity contribution in [3.05, 3.63) is 94.5 Å². The van der Waals surface area contributed by atoms with Crippen LogP contribution in [-0.4, -0.2) is 44.3 Å². The van der Waals surface area contributed by atoms with Crippen LogP contribution in [0.3, 0.4) is 0 Å². The molecule has 2 amide bonds. The topological polar surface area (TPSA) is 86.8 Å². The van der Waals surface area contributed by atoms with E-state index in [1.807, 2.05) is 13.8 Å². The SMILES string of the molecule is CC(C)CNC(=O)[C@H](C)N(Cc1cccc(Cl)c1)C(=O)CN(c1cccc(Cl)c1)S(=O)(=O)c1ccccc1. The van der Waals surface area contributed by atoms with Crippen molar-refractivity contribution in [2.45, 2.75) is 38.3 Å². The summed E-state index contributed by atoms with van der Waals surface area (Å²) in [5.41, 5.74) is 0.934. The molecule has 3 aromatic rings. The Balaban J connectivity index is 2.00. The molecule has 3 rings (SSSR count). The van der Waals surface area contributed by atoms with E-state index in [2.05, 4.69) is 5.32 Å². The number of sulfonamides is 1. The number of rotatable bonds is 11. The van der Waals surface area contributed by atoms with Gasteiger partial charge in [-0.15, -0.1) is 0 Å². The van der Waals surface area contributed by atoms with Crippen molar-refractivity contribution < 1.29 is 18.0 Å². The van der Waals surface area contributed by atoms with E-state index in [1.165, 1.54) is 23.1 Å². The van der Waals surface area contributed by atoms with Crippen molar-refractivity contribution in [3.63, 3.8) is 0 Å². The molecule has 0 aliphatic carbocycles. The molecule has 0 aliphatic heterocycles. The molecule has 7 nitrogen and oxygen atoms in total. The van der Waals surface area contributed by atoms with Crippen LogP contribution < -0.4 is 9.62 Å². The summed E-state index contributed by atoms with van der Waals surface area (Å²) in [6, 6.07) is 20.2. The normalized spacial score (nSPS) is 12.2. The predicted octanol–water partition coefficient (Wildman–Crippen LogP) is 5.38. The molecule has 0 aromatic heterocycles. The van der Waals surface area contributed by atoms with Crippen LogP contribution in [0.1, 0.15) is 26.3 Å². The van der Waals surface area contributed by atoms with Crippen molar-refractivity contribution in [1.29, 1.82) is 0 Å². The number of carbonyl (C=O) groups excluding carboxylic acids is 2. The summed E-state index contributed by atoms with van der Waals surface area (Å²) in [6.07, 6.45) is 0. The van der Waals surface area contributed by atoms with E-state index in [0.29, 0.717) is 22.2 Å². The lowest BCUT2D eigenvalue weighted by Gasteiger charge is -2.32. The molecule has 38 heavy (non-hydrogen) atoms. The maximum Gasteiger partial charge on any atom is 0.264 e. The average Bonchev–Trinajstić information content (AvgIpc) is 2.88. The zero-order valence-corrected chi connectivity index (χ0v) is 23.8. The Bertz CT molecular complexity index is 1370. The van der Waals surface area contributed by atoms with E-state index < -0.39 is 28.5 Å². The van der Waals surface area contributed by atoms with Crippen LogP contribution in [0.25, 0.3) is 0 Å². The molecule has 1 atom stereocenters. The molecule has 0 saturated carbocycles. The summed E-state index contributed by atoms with van der Waals surface area (Å²) in [5, 5.41) is 3.66. The van der Waals surface area contributed by atoms with E-state index in [-0.39, 0.29) is 29.0 Å². The number of nitrogens with one attached hydrogen (secondary N) is 1. The van der Waals surface area contributed by atoms with Crippen LogP contribution in [0.15, 0.2) is 83.8 Å². The second kappa shape index (κ2) is 13.1. The van der Waals surface area contributed by atoms with Gasteiger partial charge in [0, 0.05) is 23.1 Å². The molecule has 0 radical (unpaired) electrons. The molecule has 0 bridgehead atoms. The highest BCUT2D eigenvalue weighted by Gasteiger charge is 2.32. The number of amides is 2. The van der Waals surface area contributed by atoms with Crippen molar-refractivity contribution >= 4 is 50.7 Å². The van der Waals surface area contributed by atoms with Crippen LogP contribution in [0.2, 0.25) is 10.0 Å². The number of halogens is 2. The number of carbonyl (C=O) groups is 2. The van der Waals surface area contributed by atoms with Gasteiger partial charge in [0.05, 0.1) is 10.6 Å². The fourth-order valence-electron chi connectivity index (χ4n) is 3.75. The van der Waals surface area contributed by atoms with Gasteiger partial charge < -0.3 is 10.2 Å². The van der Waals surface area contributed by atoms with Crippen LogP contribution >= 0.6 is 23.2 Å². The molecule has 0 fully saturated rings. The molecule has 202 valence electrons. The summed E-state index contributed by atoms with van der Waals surface area (Å²) < 4.78 is 28.4. The first-order valence-corrected chi connectivity index (χ1v) is 14.3. The Morgan fingerprint density at radius 3 is 2.11 bits per heavy atom. The van der Waals surface area contributed by atoms with E-state index >= 15 is 0 Å². The van der Waals surface area contributed by atoms with Gasteiger partial charge in [0.15, 0.2) is 0 Å². The van der Waals surface area contributed by atoms with Crippen molar-refractivity contribution in [3.8, 4) is 0 Å². The number of nitrogens with zero attached hydrogens (tertiary/aromatic N) is 2. The van der Waals surface area contributed by atoms with Gasteiger partial charge >= 0.3 is 0 Å². The summed E-state index contributed by atoms with van der Waals surface area (Å²) in [7, 11) is -4.14. The van der Waals surface area contributed by atoms with Gasteiger partial charge in [0.25, 0.3) is 10.0 Å². The molecule has 0 saturated heterocycles. The Morgan fingerprint density at radius 1 is 0.868 bits per heavy atom. The molecule has 0 unspecified atom stereocenters. The summed E-state index contributed by atoms with van der Waals surface area (Å²) in [5.74, 6) is -0.677. The second-order valence-electron chi connectivity index (χ2n) is 9.27. The summed E-state index contributed by atoms with van der Waals surface area (Å²) >= 11 is 12.3. The Morgan fingerprint density at radius 2 is 1.50 bits per heavy atom. The Labute approximate surface area is 234 Å². The minimum absolute atomic E-state index is 0.0249. The van der Waals surface area contributed by atoms with E-state index in [1.54, 1.807) is 67.6 Å². The highest BCUT2D eigenvalue weighted by atomic mass is 35.5. The van der Waals surface area contributed by atoms with Gasteiger partial charge in [-0.3, -0.25) is 13.9 Å². The van der Waals surface area contributed by atoms with Gasteiger partial charge in [0.1, 0.15) is 12.6 Å². The van der Waals surface area contributed by atoms with Crippen molar-refractivity contribution in [1.82, 2.24) is 10.2 Å².